The van der Waals surface area contributed by atoms with E-state index in [0.717, 1.165) is 44.2 Å². The van der Waals surface area contributed by atoms with Crippen LogP contribution in [-0.2, 0) is 11.3 Å². The zero-order chi connectivity index (χ0) is 16.9. The summed E-state index contributed by atoms with van der Waals surface area (Å²) in [6, 6.07) is 8.51. The molecule has 0 radical (unpaired) electrons. The van der Waals surface area contributed by atoms with E-state index in [1.807, 2.05) is 25.1 Å². The van der Waals surface area contributed by atoms with Crippen molar-refractivity contribution in [1.29, 1.82) is 0 Å². The third-order valence-corrected chi connectivity index (χ3v) is 5.70. The number of halogens is 3. The second-order valence-electron chi connectivity index (χ2n) is 7.20. The second-order valence-corrected chi connectivity index (χ2v) is 7.64. The van der Waals surface area contributed by atoms with Gasteiger partial charge in [0.05, 0.1) is 0 Å². The van der Waals surface area contributed by atoms with Crippen molar-refractivity contribution < 1.29 is 4.79 Å². The maximum Gasteiger partial charge on any atom is 0.223 e. The Hall–Kier alpha value is -0.520. The topological polar surface area (TPSA) is 44.4 Å². The van der Waals surface area contributed by atoms with Crippen molar-refractivity contribution in [2.75, 3.05) is 26.2 Å². The third kappa shape index (κ3) is 6.28. The molecule has 2 heterocycles. The molecule has 1 aromatic carbocycles. The van der Waals surface area contributed by atoms with Crippen molar-refractivity contribution in [3.63, 3.8) is 0 Å². The van der Waals surface area contributed by atoms with E-state index < -0.39 is 0 Å². The highest BCUT2D eigenvalue weighted by Crippen LogP contribution is 2.21. The van der Waals surface area contributed by atoms with Gasteiger partial charge in [0, 0.05) is 30.1 Å². The lowest BCUT2D eigenvalue weighted by molar-refractivity contribution is -0.127. The first-order valence-corrected chi connectivity index (χ1v) is 9.48. The van der Waals surface area contributed by atoms with Crippen LogP contribution in [0.2, 0.25) is 5.02 Å². The summed E-state index contributed by atoms with van der Waals surface area (Å²) in [7, 11) is 0. The van der Waals surface area contributed by atoms with Gasteiger partial charge in [0.1, 0.15) is 0 Å². The van der Waals surface area contributed by atoms with Crippen LogP contribution in [0.3, 0.4) is 0 Å². The molecule has 1 amide bonds. The predicted molar refractivity (Wildman–Crippen MR) is 113 cm³/mol. The van der Waals surface area contributed by atoms with Crippen LogP contribution in [0.1, 0.15) is 31.7 Å². The average Bonchev–Trinajstić information content (AvgIpc) is 2.52. The monoisotopic (exact) mass is 421 g/mol. The number of carbonyl (C=O) groups excluding carboxylic acids is 1. The molecular weight excluding hydrogens is 393 g/mol. The molecule has 4 nitrogen and oxygen atoms in total. The Balaban J connectivity index is 0.00000169. The molecule has 7 heteroatoms. The SMILES string of the molecule is CC(C(=O)NCC1CCCCN1Cc1cccc(Cl)c1)C1CNC1.Cl.Cl. The van der Waals surface area contributed by atoms with Crippen LogP contribution in [0.25, 0.3) is 0 Å². The van der Waals surface area contributed by atoms with Crippen molar-refractivity contribution >= 4 is 42.3 Å². The quantitative estimate of drug-likeness (QED) is 0.737. The minimum absolute atomic E-state index is 0. The number of likely N-dealkylation sites (tertiary alicyclic amines) is 1. The number of carbonyl (C=O) groups is 1. The van der Waals surface area contributed by atoms with Gasteiger partial charge in [0.25, 0.3) is 0 Å². The maximum absolute atomic E-state index is 12.4. The van der Waals surface area contributed by atoms with Crippen molar-refractivity contribution in [3.05, 3.63) is 34.9 Å². The lowest BCUT2D eigenvalue weighted by atomic mass is 9.88. The normalized spacial score (nSPS) is 21.7. The summed E-state index contributed by atoms with van der Waals surface area (Å²) in [6.07, 6.45) is 3.63. The Morgan fingerprint density at radius 2 is 2.12 bits per heavy atom. The summed E-state index contributed by atoms with van der Waals surface area (Å²) in [5.41, 5.74) is 1.25. The second kappa shape index (κ2) is 11.4. The van der Waals surface area contributed by atoms with Gasteiger partial charge in [-0.3, -0.25) is 9.69 Å². The summed E-state index contributed by atoms with van der Waals surface area (Å²) >= 11 is 6.10. The molecule has 2 fully saturated rings. The first-order valence-electron chi connectivity index (χ1n) is 9.10. The molecule has 0 spiro atoms. The fourth-order valence-electron chi connectivity index (χ4n) is 3.63. The lowest BCUT2D eigenvalue weighted by Crippen LogP contribution is -2.52. The summed E-state index contributed by atoms with van der Waals surface area (Å²) in [6.45, 7) is 6.74. The van der Waals surface area contributed by atoms with Gasteiger partial charge in [0.15, 0.2) is 0 Å². The summed E-state index contributed by atoms with van der Waals surface area (Å²) in [5, 5.41) is 7.23. The standard InChI is InChI=1S/C19H28ClN3O.2ClH/c1-14(16-10-21-11-16)19(24)22-12-18-7-2-3-8-23(18)13-15-5-4-6-17(20)9-15;;/h4-6,9,14,16,18,21H,2-3,7-8,10-13H2,1H3,(H,22,24);2*1H. The molecule has 2 N–H and O–H groups in total. The number of piperidine rings is 1. The van der Waals surface area contributed by atoms with E-state index in [2.05, 4.69) is 21.6 Å². The molecule has 26 heavy (non-hydrogen) atoms. The fraction of sp³-hybridized carbons (Fsp3) is 0.632. The number of hydrogen-bond acceptors (Lipinski definition) is 3. The summed E-state index contributed by atoms with van der Waals surface area (Å²) in [4.78, 5) is 14.8. The Bertz CT molecular complexity index is 569. The Kier molecular flexibility index (Phi) is 10.3. The van der Waals surface area contributed by atoms with Gasteiger partial charge in [-0.15, -0.1) is 24.8 Å². The van der Waals surface area contributed by atoms with Gasteiger partial charge < -0.3 is 10.6 Å². The molecule has 0 aliphatic carbocycles. The van der Waals surface area contributed by atoms with Gasteiger partial charge in [-0.05, 0) is 56.1 Å². The largest absolute Gasteiger partial charge is 0.354 e. The minimum atomic E-state index is 0. The molecular formula is C19H30Cl3N3O. The van der Waals surface area contributed by atoms with Gasteiger partial charge in [-0.2, -0.15) is 0 Å². The highest BCUT2D eigenvalue weighted by molar-refractivity contribution is 6.30. The van der Waals surface area contributed by atoms with Crippen LogP contribution in [0.5, 0.6) is 0 Å². The van der Waals surface area contributed by atoms with E-state index in [4.69, 9.17) is 11.6 Å². The van der Waals surface area contributed by atoms with Crippen LogP contribution in [0, 0.1) is 11.8 Å². The van der Waals surface area contributed by atoms with Crippen molar-refractivity contribution in [1.82, 2.24) is 15.5 Å². The summed E-state index contributed by atoms with van der Waals surface area (Å²) in [5.74, 6) is 0.810. The molecule has 0 bridgehead atoms. The maximum atomic E-state index is 12.4. The Morgan fingerprint density at radius 3 is 2.77 bits per heavy atom. The summed E-state index contributed by atoms with van der Waals surface area (Å²) < 4.78 is 0. The van der Waals surface area contributed by atoms with E-state index in [-0.39, 0.29) is 36.6 Å². The van der Waals surface area contributed by atoms with E-state index in [1.165, 1.54) is 18.4 Å². The van der Waals surface area contributed by atoms with Crippen LogP contribution in [0.4, 0.5) is 0 Å². The first-order chi connectivity index (χ1) is 11.6. The molecule has 0 saturated carbocycles. The highest BCUT2D eigenvalue weighted by atomic mass is 35.5. The lowest BCUT2D eigenvalue weighted by Gasteiger charge is -2.37. The minimum Gasteiger partial charge on any atom is -0.354 e. The van der Waals surface area contributed by atoms with E-state index in [9.17, 15) is 4.79 Å². The van der Waals surface area contributed by atoms with Crippen LogP contribution in [0.15, 0.2) is 24.3 Å². The van der Waals surface area contributed by atoms with Crippen LogP contribution < -0.4 is 10.6 Å². The molecule has 2 atom stereocenters. The fourth-order valence-corrected chi connectivity index (χ4v) is 3.84. The number of rotatable bonds is 6. The van der Waals surface area contributed by atoms with Crippen molar-refractivity contribution in [2.24, 2.45) is 11.8 Å². The van der Waals surface area contributed by atoms with E-state index in [0.29, 0.717) is 12.0 Å². The molecule has 148 valence electrons. The number of benzene rings is 1. The van der Waals surface area contributed by atoms with Gasteiger partial charge in [-0.1, -0.05) is 37.1 Å². The van der Waals surface area contributed by atoms with Gasteiger partial charge >= 0.3 is 0 Å². The van der Waals surface area contributed by atoms with Crippen LogP contribution >= 0.6 is 36.4 Å². The van der Waals surface area contributed by atoms with Crippen molar-refractivity contribution in [2.45, 2.75) is 38.8 Å². The number of nitrogens with one attached hydrogen (secondary N) is 2. The first kappa shape index (κ1) is 23.5. The average molecular weight is 423 g/mol. The molecule has 2 aliphatic heterocycles. The smallest absolute Gasteiger partial charge is 0.223 e. The molecule has 0 aromatic heterocycles. The molecule has 2 unspecified atom stereocenters. The molecule has 1 aromatic rings. The molecule has 2 aliphatic rings. The van der Waals surface area contributed by atoms with E-state index >= 15 is 0 Å². The highest BCUT2D eigenvalue weighted by Gasteiger charge is 2.29. The molecule has 2 saturated heterocycles. The number of hydrogen-bond donors (Lipinski definition) is 2. The van der Waals surface area contributed by atoms with Crippen molar-refractivity contribution in [3.8, 4) is 0 Å². The van der Waals surface area contributed by atoms with Gasteiger partial charge in [-0.25, -0.2) is 0 Å². The zero-order valence-corrected chi connectivity index (χ0v) is 17.6. The van der Waals surface area contributed by atoms with E-state index in [1.54, 1.807) is 0 Å². The Morgan fingerprint density at radius 1 is 1.35 bits per heavy atom. The predicted octanol–water partition coefficient (Wildman–Crippen LogP) is 3.51. The molecule has 3 rings (SSSR count). The number of amides is 1. The third-order valence-electron chi connectivity index (χ3n) is 5.47. The number of nitrogens with zero attached hydrogens (tertiary/aromatic N) is 1. The van der Waals surface area contributed by atoms with Gasteiger partial charge in [0.2, 0.25) is 5.91 Å². The van der Waals surface area contributed by atoms with Crippen LogP contribution in [-0.4, -0.2) is 43.0 Å². The Labute approximate surface area is 174 Å². The zero-order valence-electron chi connectivity index (χ0n) is 15.2.